The zero-order chi connectivity index (χ0) is 30.5. The van der Waals surface area contributed by atoms with E-state index in [0.717, 1.165) is 28.0 Å². The lowest BCUT2D eigenvalue weighted by Crippen LogP contribution is -2.01. The van der Waals surface area contributed by atoms with Gasteiger partial charge in [0.05, 0.1) is 16.9 Å². The van der Waals surface area contributed by atoms with Gasteiger partial charge < -0.3 is 14.2 Å². The molecule has 6 aromatic rings. The highest BCUT2D eigenvalue weighted by Crippen LogP contribution is 2.31. The quantitative estimate of drug-likeness (QED) is 0.166. The van der Waals surface area contributed by atoms with Crippen LogP contribution in [0.3, 0.4) is 0 Å². The molecule has 5 nitrogen and oxygen atoms in total. The van der Waals surface area contributed by atoms with Gasteiger partial charge in [-0.05, 0) is 114 Å². The first-order valence-electron chi connectivity index (χ1n) is 14.1. The Morgan fingerprint density at radius 3 is 0.977 bits per heavy atom. The van der Waals surface area contributed by atoms with Crippen molar-refractivity contribution in [1.29, 1.82) is 0 Å². The molecule has 0 aliphatic heterocycles. The molecule has 0 fully saturated rings. The zero-order valence-electron chi connectivity index (χ0n) is 24.3. The van der Waals surface area contributed by atoms with Crippen LogP contribution in [0.25, 0.3) is 22.3 Å². The molecular weight excluding hydrogens is 568 g/mol. The van der Waals surface area contributed by atoms with Gasteiger partial charge in [0, 0.05) is 0 Å². The number of methoxy groups -OCH3 is 1. The molecule has 0 saturated heterocycles. The van der Waals surface area contributed by atoms with Crippen molar-refractivity contribution in [3.8, 4) is 51.0 Å². The summed E-state index contributed by atoms with van der Waals surface area (Å²) < 4.78 is 43.7. The van der Waals surface area contributed by atoms with Crippen LogP contribution in [0.5, 0.6) is 28.7 Å². The minimum atomic E-state index is -3.72. The van der Waals surface area contributed by atoms with Crippen LogP contribution in [-0.2, 0) is 9.84 Å². The number of benzene rings is 6. The summed E-state index contributed by atoms with van der Waals surface area (Å²) in [6.45, 7) is 2.06. The highest BCUT2D eigenvalue weighted by Gasteiger charge is 2.18. The Hall–Kier alpha value is -5.33. The zero-order valence-corrected chi connectivity index (χ0v) is 25.1. The van der Waals surface area contributed by atoms with E-state index in [1.807, 2.05) is 72.8 Å². The summed E-state index contributed by atoms with van der Waals surface area (Å²) in [6, 6.07) is 44.6. The molecule has 0 N–H and O–H groups in total. The van der Waals surface area contributed by atoms with Crippen LogP contribution in [-0.4, -0.2) is 15.5 Å². The third kappa shape index (κ3) is 6.51. The summed E-state index contributed by atoms with van der Waals surface area (Å²) in [5.41, 5.74) is 5.57. The number of hydrogen-bond donors (Lipinski definition) is 0. The SMILES string of the molecule is COc1ccc(-c2ccc(Oc3ccc(S(=O)(=O)c4ccc(Oc5ccc(-c6ccc(C)cc6)cc5)cc4)cc3)cc2)cc1. The van der Waals surface area contributed by atoms with Crippen molar-refractivity contribution >= 4 is 9.84 Å². The smallest absolute Gasteiger partial charge is 0.206 e. The average molecular weight is 599 g/mol. The van der Waals surface area contributed by atoms with Crippen LogP contribution in [0.15, 0.2) is 155 Å². The van der Waals surface area contributed by atoms with Crippen LogP contribution >= 0.6 is 0 Å². The fourth-order valence-corrected chi connectivity index (χ4v) is 6.00. The minimum Gasteiger partial charge on any atom is -0.497 e. The van der Waals surface area contributed by atoms with Gasteiger partial charge in [0.1, 0.15) is 28.7 Å². The molecule has 6 heteroatoms. The van der Waals surface area contributed by atoms with Crippen molar-refractivity contribution in [2.75, 3.05) is 7.11 Å². The largest absolute Gasteiger partial charge is 0.497 e. The van der Waals surface area contributed by atoms with E-state index in [1.54, 1.807) is 55.6 Å². The summed E-state index contributed by atoms with van der Waals surface area (Å²) in [5, 5.41) is 0. The van der Waals surface area contributed by atoms with E-state index < -0.39 is 9.84 Å². The fourth-order valence-electron chi connectivity index (χ4n) is 4.74. The second kappa shape index (κ2) is 12.5. The molecule has 0 amide bonds. The Bertz CT molecular complexity index is 1950. The van der Waals surface area contributed by atoms with Gasteiger partial charge in [0.25, 0.3) is 0 Å². The van der Waals surface area contributed by atoms with Crippen molar-refractivity contribution in [2.45, 2.75) is 16.7 Å². The molecule has 6 aromatic carbocycles. The minimum absolute atomic E-state index is 0.181. The maximum absolute atomic E-state index is 13.3. The van der Waals surface area contributed by atoms with Gasteiger partial charge in [0.2, 0.25) is 9.84 Å². The molecule has 0 atom stereocenters. The standard InChI is InChI=1S/C38H30O5S/c1-27-3-5-28(6-4-27)30-9-15-33(16-10-30)42-35-19-23-37(24-20-35)44(39,40)38-25-21-36(22-26-38)43-34-17-11-31(12-18-34)29-7-13-32(41-2)14-8-29/h3-26H,1-2H3. The van der Waals surface area contributed by atoms with Gasteiger partial charge in [-0.1, -0.05) is 66.2 Å². The molecule has 0 spiro atoms. The molecule has 0 bridgehead atoms. The van der Waals surface area contributed by atoms with Gasteiger partial charge in [-0.15, -0.1) is 0 Å². The van der Waals surface area contributed by atoms with Crippen LogP contribution in [0.2, 0.25) is 0 Å². The summed E-state index contributed by atoms with van der Waals surface area (Å²) in [5.74, 6) is 3.22. The first-order chi connectivity index (χ1) is 21.4. The molecule has 218 valence electrons. The Labute approximate surface area is 257 Å². The van der Waals surface area contributed by atoms with Gasteiger partial charge >= 0.3 is 0 Å². The van der Waals surface area contributed by atoms with Crippen LogP contribution in [0.1, 0.15) is 5.56 Å². The molecule has 0 aliphatic carbocycles. The monoisotopic (exact) mass is 598 g/mol. The predicted molar refractivity (Wildman–Crippen MR) is 174 cm³/mol. The summed E-state index contributed by atoms with van der Waals surface area (Å²) in [6.07, 6.45) is 0. The van der Waals surface area contributed by atoms with Crippen molar-refractivity contribution in [3.63, 3.8) is 0 Å². The van der Waals surface area contributed by atoms with Gasteiger partial charge in [0.15, 0.2) is 0 Å². The van der Waals surface area contributed by atoms with Crippen LogP contribution in [0, 0.1) is 6.92 Å². The predicted octanol–water partition coefficient (Wildman–Crippen LogP) is 9.76. The Morgan fingerprint density at radius 1 is 0.386 bits per heavy atom. The van der Waals surface area contributed by atoms with Gasteiger partial charge in [-0.2, -0.15) is 0 Å². The van der Waals surface area contributed by atoms with Crippen molar-refractivity contribution in [2.24, 2.45) is 0 Å². The second-order valence-electron chi connectivity index (χ2n) is 10.3. The van der Waals surface area contributed by atoms with Gasteiger partial charge in [-0.25, -0.2) is 8.42 Å². The molecule has 6 rings (SSSR count). The number of ether oxygens (including phenoxy) is 3. The molecular formula is C38H30O5S. The first-order valence-corrected chi connectivity index (χ1v) is 15.6. The average Bonchev–Trinajstić information content (AvgIpc) is 3.06. The van der Waals surface area contributed by atoms with E-state index in [9.17, 15) is 8.42 Å². The highest BCUT2D eigenvalue weighted by atomic mass is 32.2. The summed E-state index contributed by atoms with van der Waals surface area (Å²) in [4.78, 5) is 0.363. The molecule has 0 unspecified atom stereocenters. The highest BCUT2D eigenvalue weighted by molar-refractivity contribution is 7.91. The van der Waals surface area contributed by atoms with E-state index >= 15 is 0 Å². The number of hydrogen-bond acceptors (Lipinski definition) is 5. The lowest BCUT2D eigenvalue weighted by molar-refractivity contribution is 0.415. The lowest BCUT2D eigenvalue weighted by Gasteiger charge is -2.10. The normalized spacial score (nSPS) is 11.1. The number of rotatable bonds is 9. The fraction of sp³-hybridized carbons (Fsp3) is 0.0526. The van der Waals surface area contributed by atoms with E-state index in [-0.39, 0.29) is 9.79 Å². The van der Waals surface area contributed by atoms with Crippen molar-refractivity contribution < 1.29 is 22.6 Å². The summed E-state index contributed by atoms with van der Waals surface area (Å²) in [7, 11) is -2.08. The van der Waals surface area contributed by atoms with E-state index in [4.69, 9.17) is 14.2 Å². The van der Waals surface area contributed by atoms with E-state index in [0.29, 0.717) is 23.0 Å². The Morgan fingerprint density at radius 2 is 0.659 bits per heavy atom. The molecule has 0 heterocycles. The molecule has 0 radical (unpaired) electrons. The van der Waals surface area contributed by atoms with E-state index in [1.165, 1.54) is 5.56 Å². The topological polar surface area (TPSA) is 61.8 Å². The molecule has 0 aromatic heterocycles. The Balaban J connectivity index is 1.08. The molecule has 0 saturated carbocycles. The maximum atomic E-state index is 13.3. The maximum Gasteiger partial charge on any atom is 0.206 e. The van der Waals surface area contributed by atoms with Gasteiger partial charge in [-0.3, -0.25) is 0 Å². The molecule has 44 heavy (non-hydrogen) atoms. The van der Waals surface area contributed by atoms with Crippen LogP contribution < -0.4 is 14.2 Å². The van der Waals surface area contributed by atoms with Crippen molar-refractivity contribution in [1.82, 2.24) is 0 Å². The number of aryl methyl sites for hydroxylation is 1. The summed E-state index contributed by atoms with van der Waals surface area (Å²) >= 11 is 0. The van der Waals surface area contributed by atoms with Crippen LogP contribution in [0.4, 0.5) is 0 Å². The third-order valence-electron chi connectivity index (χ3n) is 7.26. The Kier molecular flexibility index (Phi) is 8.17. The van der Waals surface area contributed by atoms with Crippen molar-refractivity contribution in [3.05, 3.63) is 151 Å². The van der Waals surface area contributed by atoms with E-state index in [2.05, 4.69) is 31.2 Å². The lowest BCUT2D eigenvalue weighted by atomic mass is 10.0. The first kappa shape index (κ1) is 28.8. The third-order valence-corrected chi connectivity index (χ3v) is 9.04. The molecule has 0 aliphatic rings. The second-order valence-corrected chi connectivity index (χ2v) is 12.2. The number of sulfone groups is 1.